The Morgan fingerprint density at radius 1 is 1.00 bits per heavy atom. The number of aromatic carboxylic acids is 1. The quantitative estimate of drug-likeness (QED) is 0.569. The number of benzene rings is 2. The van der Waals surface area contributed by atoms with Gasteiger partial charge in [-0.05, 0) is 54.6 Å². The summed E-state index contributed by atoms with van der Waals surface area (Å²) in [5.74, 6) is -3.01. The Hall–Kier alpha value is -3.95. The molecule has 10 heteroatoms. The van der Waals surface area contributed by atoms with Crippen molar-refractivity contribution in [3.8, 4) is 11.5 Å². The normalized spacial score (nSPS) is 11.1. The average molecular weight is 420 g/mol. The summed E-state index contributed by atoms with van der Waals surface area (Å²) in [5, 5.41) is 11.2. The first-order valence-corrected chi connectivity index (χ1v) is 8.29. The summed E-state index contributed by atoms with van der Waals surface area (Å²) in [4.78, 5) is 27.0. The molecule has 3 rings (SSSR count). The van der Waals surface area contributed by atoms with E-state index in [-0.39, 0.29) is 22.7 Å². The van der Waals surface area contributed by atoms with E-state index in [2.05, 4.69) is 10.3 Å². The van der Waals surface area contributed by atoms with Gasteiger partial charge in [-0.1, -0.05) is 0 Å². The standard InChI is InChI=1S/C20H12F4N2O4/c21-12-2-5-14(6-3-12)30-17-9-11(20(22,23)24)1-7-15(17)18(27)26-13-4-8-16(19(28)29)25-10-13/h1-10H,(H,26,27)(H,28,29). The van der Waals surface area contributed by atoms with Crippen molar-refractivity contribution in [1.29, 1.82) is 0 Å². The molecular formula is C20H12F4N2O4. The van der Waals surface area contributed by atoms with Gasteiger partial charge in [-0.3, -0.25) is 4.79 Å². The predicted octanol–water partition coefficient (Wildman–Crippen LogP) is 4.98. The third-order valence-electron chi connectivity index (χ3n) is 3.84. The highest BCUT2D eigenvalue weighted by molar-refractivity contribution is 6.06. The molecule has 2 N–H and O–H groups in total. The van der Waals surface area contributed by atoms with Gasteiger partial charge in [0.05, 0.1) is 23.0 Å². The van der Waals surface area contributed by atoms with Crippen molar-refractivity contribution in [3.63, 3.8) is 0 Å². The van der Waals surface area contributed by atoms with Crippen LogP contribution in [0.4, 0.5) is 23.2 Å². The number of carboxylic acid groups (broad SMARTS) is 1. The smallest absolute Gasteiger partial charge is 0.416 e. The Bertz CT molecular complexity index is 1080. The number of ether oxygens (including phenoxy) is 1. The Labute approximate surface area is 166 Å². The number of aromatic nitrogens is 1. The van der Waals surface area contributed by atoms with Crippen LogP contribution < -0.4 is 10.1 Å². The van der Waals surface area contributed by atoms with Crippen molar-refractivity contribution in [2.45, 2.75) is 6.18 Å². The minimum absolute atomic E-state index is 0.0252. The molecule has 6 nitrogen and oxygen atoms in total. The maximum atomic E-state index is 13.1. The molecule has 1 heterocycles. The second-order valence-electron chi connectivity index (χ2n) is 5.96. The van der Waals surface area contributed by atoms with Crippen LogP contribution in [0.2, 0.25) is 0 Å². The fourth-order valence-corrected chi connectivity index (χ4v) is 2.39. The number of carbonyl (C=O) groups excluding carboxylic acids is 1. The number of amides is 1. The monoisotopic (exact) mass is 420 g/mol. The number of alkyl halides is 3. The number of nitrogens with one attached hydrogen (secondary N) is 1. The molecule has 1 aromatic heterocycles. The molecule has 0 aliphatic heterocycles. The summed E-state index contributed by atoms with van der Waals surface area (Å²) >= 11 is 0. The van der Waals surface area contributed by atoms with Gasteiger partial charge < -0.3 is 15.2 Å². The van der Waals surface area contributed by atoms with Crippen LogP contribution in [0.3, 0.4) is 0 Å². The molecular weight excluding hydrogens is 408 g/mol. The Morgan fingerprint density at radius 2 is 1.70 bits per heavy atom. The average Bonchev–Trinajstić information content (AvgIpc) is 2.69. The highest BCUT2D eigenvalue weighted by Crippen LogP contribution is 2.35. The summed E-state index contributed by atoms with van der Waals surface area (Å²) < 4.78 is 57.7. The minimum Gasteiger partial charge on any atom is -0.477 e. The molecule has 2 aromatic carbocycles. The molecule has 0 spiro atoms. The lowest BCUT2D eigenvalue weighted by Gasteiger charge is -2.14. The van der Waals surface area contributed by atoms with Gasteiger partial charge in [0.1, 0.15) is 23.0 Å². The van der Waals surface area contributed by atoms with E-state index < -0.39 is 35.2 Å². The SMILES string of the molecule is O=C(O)c1ccc(NC(=O)c2ccc(C(F)(F)F)cc2Oc2ccc(F)cc2)cn1. The van der Waals surface area contributed by atoms with Crippen LogP contribution in [-0.4, -0.2) is 22.0 Å². The molecule has 1 amide bonds. The van der Waals surface area contributed by atoms with Crippen molar-refractivity contribution in [1.82, 2.24) is 4.98 Å². The molecule has 0 aliphatic rings. The van der Waals surface area contributed by atoms with E-state index in [1.54, 1.807) is 0 Å². The fourth-order valence-electron chi connectivity index (χ4n) is 2.39. The first-order valence-electron chi connectivity index (χ1n) is 8.29. The Morgan fingerprint density at radius 3 is 2.27 bits per heavy atom. The molecule has 30 heavy (non-hydrogen) atoms. The Kier molecular flexibility index (Phi) is 5.67. The second kappa shape index (κ2) is 8.19. The lowest BCUT2D eigenvalue weighted by atomic mass is 10.1. The van der Waals surface area contributed by atoms with Gasteiger partial charge in [0.2, 0.25) is 0 Å². The van der Waals surface area contributed by atoms with Crippen molar-refractivity contribution >= 4 is 17.6 Å². The zero-order chi connectivity index (χ0) is 21.9. The van der Waals surface area contributed by atoms with Crippen molar-refractivity contribution < 1.29 is 37.0 Å². The van der Waals surface area contributed by atoms with E-state index in [1.807, 2.05) is 0 Å². The first-order chi connectivity index (χ1) is 14.1. The van der Waals surface area contributed by atoms with E-state index in [9.17, 15) is 27.2 Å². The maximum absolute atomic E-state index is 13.1. The van der Waals surface area contributed by atoms with Gasteiger partial charge in [-0.2, -0.15) is 13.2 Å². The summed E-state index contributed by atoms with van der Waals surface area (Å²) in [6.07, 6.45) is -3.58. The van der Waals surface area contributed by atoms with Crippen LogP contribution in [-0.2, 0) is 6.18 Å². The minimum atomic E-state index is -4.67. The number of carboxylic acids is 1. The van der Waals surface area contributed by atoms with Crippen molar-refractivity contribution in [3.05, 3.63) is 83.4 Å². The molecule has 0 bridgehead atoms. The molecule has 0 saturated carbocycles. The van der Waals surface area contributed by atoms with Gasteiger partial charge in [0, 0.05) is 0 Å². The van der Waals surface area contributed by atoms with Crippen LogP contribution in [0.25, 0.3) is 0 Å². The zero-order valence-electron chi connectivity index (χ0n) is 14.9. The molecule has 0 atom stereocenters. The Balaban J connectivity index is 1.92. The lowest BCUT2D eigenvalue weighted by molar-refractivity contribution is -0.137. The molecule has 0 unspecified atom stereocenters. The van der Waals surface area contributed by atoms with E-state index in [0.717, 1.165) is 36.5 Å². The zero-order valence-corrected chi connectivity index (χ0v) is 14.9. The molecule has 0 radical (unpaired) electrons. The second-order valence-corrected chi connectivity index (χ2v) is 5.96. The van der Waals surface area contributed by atoms with Crippen LogP contribution >= 0.6 is 0 Å². The number of hydrogen-bond donors (Lipinski definition) is 2. The molecule has 0 aliphatic carbocycles. The first kappa shape index (κ1) is 20.8. The number of hydrogen-bond acceptors (Lipinski definition) is 4. The lowest BCUT2D eigenvalue weighted by Crippen LogP contribution is -2.15. The number of pyridine rings is 1. The summed E-state index contributed by atoms with van der Waals surface area (Å²) in [7, 11) is 0. The number of anilines is 1. The van der Waals surface area contributed by atoms with Gasteiger partial charge >= 0.3 is 12.1 Å². The van der Waals surface area contributed by atoms with E-state index >= 15 is 0 Å². The van der Waals surface area contributed by atoms with Crippen LogP contribution in [0, 0.1) is 5.82 Å². The number of rotatable bonds is 5. The van der Waals surface area contributed by atoms with E-state index in [0.29, 0.717) is 6.07 Å². The summed E-state index contributed by atoms with van der Waals surface area (Å²) in [6.45, 7) is 0. The number of nitrogens with zero attached hydrogens (tertiary/aromatic N) is 1. The van der Waals surface area contributed by atoms with Gasteiger partial charge in [-0.25, -0.2) is 14.2 Å². The van der Waals surface area contributed by atoms with Gasteiger partial charge in [0.15, 0.2) is 0 Å². The third-order valence-corrected chi connectivity index (χ3v) is 3.84. The highest BCUT2D eigenvalue weighted by atomic mass is 19.4. The van der Waals surface area contributed by atoms with Crippen molar-refractivity contribution in [2.24, 2.45) is 0 Å². The topological polar surface area (TPSA) is 88.5 Å². The van der Waals surface area contributed by atoms with E-state index in [1.165, 1.54) is 18.2 Å². The van der Waals surface area contributed by atoms with Gasteiger partial charge in [-0.15, -0.1) is 0 Å². The number of halogens is 4. The summed E-state index contributed by atoms with van der Waals surface area (Å²) in [6, 6.07) is 9.26. The molecule has 154 valence electrons. The van der Waals surface area contributed by atoms with Gasteiger partial charge in [0.25, 0.3) is 5.91 Å². The third kappa shape index (κ3) is 4.90. The van der Waals surface area contributed by atoms with E-state index in [4.69, 9.17) is 9.84 Å². The predicted molar refractivity (Wildman–Crippen MR) is 97.1 cm³/mol. The largest absolute Gasteiger partial charge is 0.477 e. The highest BCUT2D eigenvalue weighted by Gasteiger charge is 2.32. The fraction of sp³-hybridized carbons (Fsp3) is 0.0500. The van der Waals surface area contributed by atoms with Crippen LogP contribution in [0.1, 0.15) is 26.4 Å². The summed E-state index contributed by atoms with van der Waals surface area (Å²) in [5.41, 5.74) is -1.39. The van der Waals surface area contributed by atoms with Crippen LogP contribution in [0.15, 0.2) is 60.8 Å². The molecule has 3 aromatic rings. The maximum Gasteiger partial charge on any atom is 0.416 e. The molecule has 0 fully saturated rings. The van der Waals surface area contributed by atoms with Crippen LogP contribution in [0.5, 0.6) is 11.5 Å². The van der Waals surface area contributed by atoms with Crippen molar-refractivity contribution in [2.75, 3.05) is 5.32 Å². The molecule has 0 saturated heterocycles. The number of carbonyl (C=O) groups is 2.